The van der Waals surface area contributed by atoms with Crippen LogP contribution in [0.25, 0.3) is 0 Å². The van der Waals surface area contributed by atoms with E-state index in [1.54, 1.807) is 23.9 Å². The maximum atomic E-state index is 6.19. The summed E-state index contributed by atoms with van der Waals surface area (Å²) in [5, 5.41) is 3.29. The number of aryl methyl sites for hydroxylation is 1. The van der Waals surface area contributed by atoms with E-state index in [2.05, 4.69) is 106 Å². The van der Waals surface area contributed by atoms with Crippen LogP contribution in [0.1, 0.15) is 52.2 Å². The fourth-order valence-corrected chi connectivity index (χ4v) is 34.2. The van der Waals surface area contributed by atoms with Crippen molar-refractivity contribution < 1.29 is 26.2 Å². The van der Waals surface area contributed by atoms with E-state index in [-0.39, 0.29) is 5.41 Å². The summed E-state index contributed by atoms with van der Waals surface area (Å²) in [4.78, 5) is 0. The summed E-state index contributed by atoms with van der Waals surface area (Å²) in [5.41, 5.74) is 6.26. The van der Waals surface area contributed by atoms with E-state index in [1.807, 2.05) is 10.4 Å². The third-order valence-corrected chi connectivity index (χ3v) is 33.6. The molecule has 1 aromatic rings. The Bertz CT molecular complexity index is 966. The van der Waals surface area contributed by atoms with Crippen molar-refractivity contribution in [2.75, 3.05) is 7.11 Å². The fraction of sp³-hybridized carbons (Fsp3) is 0.655. The van der Waals surface area contributed by atoms with Crippen LogP contribution in [0, 0.1) is 6.92 Å². The maximum absolute atomic E-state index is 6.19. The van der Waals surface area contributed by atoms with Crippen LogP contribution in [0.15, 0.2) is 31.8 Å². The molecule has 0 bridgehead atoms. The average Bonchev–Trinajstić information content (AvgIpc) is 2.92. The van der Waals surface area contributed by atoms with Crippen LogP contribution < -0.4 is 9.92 Å². The number of ether oxygens (including phenoxy) is 1. The summed E-state index contributed by atoms with van der Waals surface area (Å²) in [5.74, 6) is 1.16. The second kappa shape index (κ2) is 10.4. The third-order valence-electron chi connectivity index (χ3n) is 7.56. The Hall–Kier alpha value is 0.0208. The number of rotatable bonds is 8. The first kappa shape index (κ1) is 30.2. The first-order chi connectivity index (χ1) is 15.2. The summed E-state index contributed by atoms with van der Waals surface area (Å²) in [6.07, 6.45) is 1.21. The molecule has 0 fully saturated rings. The number of hydrogen-bond acceptors (Lipinski definition) is 1. The molecule has 0 atom stereocenters. The standard InChI is InChI=1S/C21H31OSi.2C4H11Si.Sc/c1-14-10-16(3)18(12-14)23(8,9)19-13-15(2)11-17(20(19)22-7)21(4,5)6;2*1-5(2,3)4;/h11,13H,12H2,1-9H3;2*1H2,2-4H3;. The van der Waals surface area contributed by atoms with Gasteiger partial charge in [0.25, 0.3) is 0 Å². The number of allylic oxidation sites excluding steroid dienone is 4. The normalized spacial score (nSPS) is 16.0. The van der Waals surface area contributed by atoms with Crippen molar-refractivity contribution in [3.8, 4) is 5.75 Å². The van der Waals surface area contributed by atoms with Crippen LogP contribution in [-0.2, 0) is 26.9 Å². The second-order valence-corrected chi connectivity index (χ2v) is 37.3. The van der Waals surface area contributed by atoms with Gasteiger partial charge >= 0.3 is 225 Å². The minimum atomic E-state index is -1.90. The van der Waals surface area contributed by atoms with E-state index in [0.29, 0.717) is 0 Å². The Balaban J connectivity index is 2.68. The number of methoxy groups -OCH3 is 1. The summed E-state index contributed by atoms with van der Waals surface area (Å²) in [6.45, 7) is 35.0. The molecule has 0 spiro atoms. The molecule has 2 rings (SSSR count). The molecule has 0 saturated carbocycles. The van der Waals surface area contributed by atoms with Crippen LogP contribution >= 0.6 is 0 Å². The number of hydrogen-bond donors (Lipinski definition) is 0. The van der Waals surface area contributed by atoms with Gasteiger partial charge in [0, 0.05) is 0 Å². The Labute approximate surface area is 223 Å². The monoisotopic (exact) mass is 546 g/mol. The molecule has 5 heteroatoms. The van der Waals surface area contributed by atoms with Crippen molar-refractivity contribution in [3.05, 3.63) is 42.9 Å². The summed E-state index contributed by atoms with van der Waals surface area (Å²) >= 11 is -1.59. The predicted octanol–water partition coefficient (Wildman–Crippen LogP) is 8.96. The van der Waals surface area contributed by atoms with Gasteiger partial charge in [-0.3, -0.25) is 0 Å². The molecular formula is C29H53OScSi3. The summed E-state index contributed by atoms with van der Waals surface area (Å²) in [6, 6.07) is 4.81. The van der Waals surface area contributed by atoms with Gasteiger partial charge in [0.15, 0.2) is 0 Å². The van der Waals surface area contributed by atoms with Crippen LogP contribution in [0.4, 0.5) is 0 Å². The summed E-state index contributed by atoms with van der Waals surface area (Å²) < 4.78 is 11.3. The molecule has 0 radical (unpaired) electrons. The third kappa shape index (κ3) is 7.07. The zero-order valence-electron chi connectivity index (χ0n) is 25.3. The Morgan fingerprint density at radius 2 is 1.35 bits per heavy atom. The van der Waals surface area contributed by atoms with Crippen molar-refractivity contribution >= 4 is 29.4 Å². The number of benzene rings is 1. The van der Waals surface area contributed by atoms with Crippen LogP contribution in [0.5, 0.6) is 5.75 Å². The van der Waals surface area contributed by atoms with Gasteiger partial charge in [-0.05, 0) is 0 Å². The Kier molecular flexibility index (Phi) is 9.26. The van der Waals surface area contributed by atoms with Crippen molar-refractivity contribution in [2.24, 2.45) is 0 Å². The van der Waals surface area contributed by atoms with Gasteiger partial charge in [0.2, 0.25) is 0 Å². The van der Waals surface area contributed by atoms with E-state index in [9.17, 15) is 0 Å². The molecule has 1 aliphatic carbocycles. The van der Waals surface area contributed by atoms with Crippen LogP contribution in [0.2, 0.25) is 60.0 Å². The first-order valence-corrected chi connectivity index (χ1v) is 27.2. The quantitative estimate of drug-likeness (QED) is 0.296. The first-order valence-electron chi connectivity index (χ1n) is 13.3. The van der Waals surface area contributed by atoms with Gasteiger partial charge in [-0.25, -0.2) is 0 Å². The van der Waals surface area contributed by atoms with Gasteiger partial charge in [-0.15, -0.1) is 0 Å². The van der Waals surface area contributed by atoms with E-state index >= 15 is 0 Å². The van der Waals surface area contributed by atoms with E-state index in [1.165, 1.54) is 22.7 Å². The zero-order chi connectivity index (χ0) is 26.4. The minimum absolute atomic E-state index is 0.0735. The van der Waals surface area contributed by atoms with E-state index < -0.39 is 45.7 Å². The predicted molar refractivity (Wildman–Crippen MR) is 160 cm³/mol. The molecule has 1 aliphatic rings. The van der Waals surface area contributed by atoms with Gasteiger partial charge in [0.05, 0.1) is 0 Å². The van der Waals surface area contributed by atoms with Crippen molar-refractivity contribution in [1.29, 1.82) is 0 Å². The second-order valence-electron chi connectivity index (χ2n) is 15.0. The molecule has 0 aliphatic heterocycles. The fourth-order valence-electron chi connectivity index (χ4n) is 6.25. The zero-order valence-corrected chi connectivity index (χ0v) is 30.1. The molecule has 0 amide bonds. The topological polar surface area (TPSA) is 9.23 Å². The molecule has 1 aromatic carbocycles. The molecule has 1 nitrogen and oxygen atoms in total. The Morgan fingerprint density at radius 3 is 1.76 bits per heavy atom. The molecule has 0 aromatic heterocycles. The van der Waals surface area contributed by atoms with Gasteiger partial charge < -0.3 is 0 Å². The van der Waals surface area contributed by atoms with Gasteiger partial charge in [0.1, 0.15) is 0 Å². The molecular weight excluding hydrogens is 494 g/mol. The van der Waals surface area contributed by atoms with Gasteiger partial charge in [-0.1, -0.05) is 0 Å². The van der Waals surface area contributed by atoms with E-state index in [0.717, 1.165) is 5.75 Å². The molecule has 34 heavy (non-hydrogen) atoms. The molecule has 190 valence electrons. The average molecular weight is 547 g/mol. The molecule has 0 N–H and O–H groups in total. The van der Waals surface area contributed by atoms with Crippen molar-refractivity contribution in [3.63, 3.8) is 0 Å². The summed E-state index contributed by atoms with van der Waals surface area (Å²) in [7, 11) is -2.20. The van der Waals surface area contributed by atoms with Gasteiger partial charge in [-0.2, -0.15) is 0 Å². The SMILES string of the molecule is COc1c(C(C)(C)C)cc(C)cc1[Si](C)(C)C1=C(C)[C]([Sc]([CH2][Si](C)(C)C)[CH2][Si](C)(C)C)=C(C)C1. The molecule has 0 unspecified atom stereocenters. The van der Waals surface area contributed by atoms with Crippen molar-refractivity contribution in [1.82, 2.24) is 0 Å². The van der Waals surface area contributed by atoms with E-state index in [4.69, 9.17) is 4.74 Å². The Morgan fingerprint density at radius 1 is 0.853 bits per heavy atom. The molecule has 0 heterocycles. The van der Waals surface area contributed by atoms with Crippen LogP contribution in [0.3, 0.4) is 0 Å². The van der Waals surface area contributed by atoms with Crippen LogP contribution in [-0.4, -0.2) is 31.3 Å². The molecule has 0 saturated heterocycles. The van der Waals surface area contributed by atoms with Crippen molar-refractivity contribution in [2.45, 2.75) is 113 Å².